The van der Waals surface area contributed by atoms with Crippen LogP contribution in [0.5, 0.6) is 0 Å². The van der Waals surface area contributed by atoms with E-state index in [1.54, 1.807) is 0 Å². The molecule has 1 aliphatic rings. The molecule has 0 N–H and O–H groups in total. The van der Waals surface area contributed by atoms with Gasteiger partial charge >= 0.3 is 0 Å². The van der Waals surface area contributed by atoms with Crippen LogP contribution in [0.1, 0.15) is 23.1 Å². The van der Waals surface area contributed by atoms with Gasteiger partial charge in [0.2, 0.25) is 0 Å². The number of hydrogen-bond donors (Lipinski definition) is 0. The molecule has 3 heteroatoms. The molecule has 92 valence electrons. The summed E-state index contributed by atoms with van der Waals surface area (Å²) >= 11 is 0. The monoisotopic (exact) mass is 234 g/mol. The minimum atomic E-state index is -0.325. The third kappa shape index (κ3) is 3.38. The van der Waals surface area contributed by atoms with Crippen LogP contribution in [0.15, 0.2) is 18.2 Å². The van der Waals surface area contributed by atoms with Crippen LogP contribution in [0.4, 0.5) is 0 Å². The highest BCUT2D eigenvalue weighted by molar-refractivity contribution is 5.81. The van der Waals surface area contributed by atoms with Crippen LogP contribution in [-0.4, -0.2) is 25.3 Å². The maximum Gasteiger partial charge on any atom is 0.164 e. The first-order valence-corrected chi connectivity index (χ1v) is 5.96. The third-order valence-electron chi connectivity index (χ3n) is 3.06. The zero-order valence-corrected chi connectivity index (χ0v) is 10.4. The van der Waals surface area contributed by atoms with Crippen LogP contribution in [-0.2, 0) is 20.7 Å². The van der Waals surface area contributed by atoms with Crippen molar-refractivity contribution in [2.45, 2.75) is 33.0 Å². The van der Waals surface area contributed by atoms with E-state index < -0.39 is 0 Å². The Kier molecular flexibility index (Phi) is 3.92. The van der Waals surface area contributed by atoms with E-state index in [9.17, 15) is 4.79 Å². The van der Waals surface area contributed by atoms with Crippen LogP contribution in [0.3, 0.4) is 0 Å². The molecule has 0 radical (unpaired) electrons. The molecule has 0 aromatic heterocycles. The number of ketones is 1. The lowest BCUT2D eigenvalue weighted by Gasteiger charge is -2.08. The Morgan fingerprint density at radius 2 is 1.94 bits per heavy atom. The Morgan fingerprint density at radius 1 is 1.24 bits per heavy atom. The molecular weight excluding hydrogens is 216 g/mol. The van der Waals surface area contributed by atoms with Gasteiger partial charge < -0.3 is 9.47 Å². The summed E-state index contributed by atoms with van der Waals surface area (Å²) in [4.78, 5) is 11.8. The van der Waals surface area contributed by atoms with Gasteiger partial charge in [-0.25, -0.2) is 0 Å². The number of ether oxygens (including phenoxy) is 2. The molecule has 0 spiro atoms. The molecule has 1 aromatic rings. The maximum absolute atomic E-state index is 11.8. The number of aryl methyl sites for hydroxylation is 2. The molecule has 0 atom stereocenters. The van der Waals surface area contributed by atoms with Gasteiger partial charge in [-0.1, -0.05) is 18.2 Å². The molecule has 0 amide bonds. The molecule has 1 fully saturated rings. The summed E-state index contributed by atoms with van der Waals surface area (Å²) in [6, 6.07) is 6.14. The van der Waals surface area contributed by atoms with E-state index in [0.717, 1.165) is 5.56 Å². The van der Waals surface area contributed by atoms with Crippen molar-refractivity contribution in [3.05, 3.63) is 34.9 Å². The van der Waals surface area contributed by atoms with Gasteiger partial charge in [0.25, 0.3) is 0 Å². The fourth-order valence-corrected chi connectivity index (χ4v) is 1.92. The maximum atomic E-state index is 11.8. The van der Waals surface area contributed by atoms with Crippen molar-refractivity contribution >= 4 is 5.78 Å². The molecule has 1 heterocycles. The number of benzene rings is 1. The van der Waals surface area contributed by atoms with E-state index in [-0.39, 0.29) is 12.1 Å². The van der Waals surface area contributed by atoms with E-state index in [1.165, 1.54) is 11.1 Å². The lowest BCUT2D eigenvalue weighted by molar-refractivity contribution is -0.126. The van der Waals surface area contributed by atoms with Crippen LogP contribution < -0.4 is 0 Å². The quantitative estimate of drug-likeness (QED) is 0.801. The van der Waals surface area contributed by atoms with Gasteiger partial charge in [-0.3, -0.25) is 4.79 Å². The molecule has 1 aromatic carbocycles. The minimum Gasteiger partial charge on any atom is -0.350 e. The zero-order chi connectivity index (χ0) is 12.3. The second kappa shape index (κ2) is 5.43. The Labute approximate surface area is 102 Å². The SMILES string of the molecule is Cc1ccc(CC(=O)CC2OCCO2)cc1C. The van der Waals surface area contributed by atoms with Crippen LogP contribution in [0, 0.1) is 13.8 Å². The van der Waals surface area contributed by atoms with Crippen LogP contribution in [0.25, 0.3) is 0 Å². The van der Waals surface area contributed by atoms with Crippen LogP contribution >= 0.6 is 0 Å². The second-order valence-corrected chi connectivity index (χ2v) is 4.51. The Hall–Kier alpha value is -1.19. The Balaban J connectivity index is 1.90. The Morgan fingerprint density at radius 3 is 2.59 bits per heavy atom. The molecule has 3 nitrogen and oxygen atoms in total. The largest absolute Gasteiger partial charge is 0.350 e. The summed E-state index contributed by atoms with van der Waals surface area (Å²) in [5, 5.41) is 0. The first-order valence-electron chi connectivity index (χ1n) is 5.96. The molecule has 0 unspecified atom stereocenters. The summed E-state index contributed by atoms with van der Waals surface area (Å²) in [5.74, 6) is 0.167. The fourth-order valence-electron chi connectivity index (χ4n) is 1.92. The number of rotatable bonds is 4. The highest BCUT2D eigenvalue weighted by atomic mass is 16.7. The number of hydrogen-bond acceptors (Lipinski definition) is 3. The first kappa shape index (κ1) is 12.3. The zero-order valence-electron chi connectivity index (χ0n) is 10.4. The summed E-state index contributed by atoms with van der Waals surface area (Å²) in [6.07, 6.45) is 0.492. The molecule has 17 heavy (non-hydrogen) atoms. The lowest BCUT2D eigenvalue weighted by Crippen LogP contribution is -2.15. The lowest BCUT2D eigenvalue weighted by atomic mass is 10.0. The van der Waals surface area contributed by atoms with Gasteiger partial charge in [0.1, 0.15) is 5.78 Å². The molecule has 0 aliphatic carbocycles. The van der Waals surface area contributed by atoms with Crippen molar-refractivity contribution in [3.8, 4) is 0 Å². The van der Waals surface area contributed by atoms with Crippen molar-refractivity contribution < 1.29 is 14.3 Å². The molecular formula is C14H18O3. The second-order valence-electron chi connectivity index (χ2n) is 4.51. The summed E-state index contributed by atoms with van der Waals surface area (Å²) < 4.78 is 10.5. The summed E-state index contributed by atoms with van der Waals surface area (Å²) in [7, 11) is 0. The predicted octanol–water partition coefficient (Wildman–Crippen LogP) is 2.18. The van der Waals surface area contributed by atoms with E-state index in [0.29, 0.717) is 26.1 Å². The van der Waals surface area contributed by atoms with E-state index in [1.807, 2.05) is 6.07 Å². The predicted molar refractivity (Wildman–Crippen MR) is 64.9 cm³/mol. The van der Waals surface area contributed by atoms with Gasteiger partial charge in [0, 0.05) is 6.42 Å². The van der Waals surface area contributed by atoms with Gasteiger partial charge in [0.05, 0.1) is 19.6 Å². The minimum absolute atomic E-state index is 0.167. The van der Waals surface area contributed by atoms with Gasteiger partial charge in [0.15, 0.2) is 6.29 Å². The average Bonchev–Trinajstić information content (AvgIpc) is 2.76. The molecule has 1 aliphatic heterocycles. The van der Waals surface area contributed by atoms with Crippen molar-refractivity contribution in [2.75, 3.05) is 13.2 Å². The van der Waals surface area contributed by atoms with Crippen molar-refractivity contribution in [1.29, 1.82) is 0 Å². The summed E-state index contributed by atoms with van der Waals surface area (Å²) in [6.45, 7) is 5.33. The smallest absolute Gasteiger partial charge is 0.164 e. The topological polar surface area (TPSA) is 35.5 Å². The average molecular weight is 234 g/mol. The number of carbonyl (C=O) groups excluding carboxylic acids is 1. The van der Waals surface area contributed by atoms with Crippen LogP contribution in [0.2, 0.25) is 0 Å². The van der Waals surface area contributed by atoms with E-state index in [2.05, 4.69) is 26.0 Å². The first-order chi connectivity index (χ1) is 8.15. The van der Waals surface area contributed by atoms with Gasteiger partial charge in [-0.05, 0) is 30.5 Å². The molecule has 0 saturated carbocycles. The molecule has 0 bridgehead atoms. The number of carbonyl (C=O) groups is 1. The normalized spacial score (nSPS) is 16.4. The fraction of sp³-hybridized carbons (Fsp3) is 0.500. The highest BCUT2D eigenvalue weighted by Gasteiger charge is 2.19. The Bertz CT molecular complexity index is 406. The highest BCUT2D eigenvalue weighted by Crippen LogP contribution is 2.13. The molecule has 2 rings (SSSR count). The van der Waals surface area contributed by atoms with Crippen molar-refractivity contribution in [1.82, 2.24) is 0 Å². The molecule has 1 saturated heterocycles. The van der Waals surface area contributed by atoms with E-state index in [4.69, 9.17) is 9.47 Å². The van der Waals surface area contributed by atoms with Crippen molar-refractivity contribution in [2.24, 2.45) is 0 Å². The van der Waals surface area contributed by atoms with Gasteiger partial charge in [-0.2, -0.15) is 0 Å². The van der Waals surface area contributed by atoms with E-state index >= 15 is 0 Å². The third-order valence-corrected chi connectivity index (χ3v) is 3.06. The van der Waals surface area contributed by atoms with Gasteiger partial charge in [-0.15, -0.1) is 0 Å². The van der Waals surface area contributed by atoms with Crippen molar-refractivity contribution in [3.63, 3.8) is 0 Å². The number of Topliss-reactive ketones (excluding diaryl/α,β-unsaturated/α-hetero) is 1. The standard InChI is InChI=1S/C14H18O3/c1-10-3-4-12(7-11(10)2)8-13(15)9-14-16-5-6-17-14/h3-4,7,14H,5-6,8-9H2,1-2H3. The summed E-state index contributed by atoms with van der Waals surface area (Å²) in [5.41, 5.74) is 3.54.